The van der Waals surface area contributed by atoms with E-state index in [0.717, 1.165) is 0 Å². The molecule has 0 saturated heterocycles. The molecule has 1 aliphatic rings. The summed E-state index contributed by atoms with van der Waals surface area (Å²) in [4.78, 5) is 11.4. The van der Waals surface area contributed by atoms with Crippen molar-refractivity contribution in [3.05, 3.63) is 27.7 Å². The van der Waals surface area contributed by atoms with Crippen LogP contribution in [0.1, 0.15) is 49.5 Å². The molecule has 0 amide bonds. The molecule has 0 radical (unpaired) electrons. The first-order valence-corrected chi connectivity index (χ1v) is 8.79. The number of carbonyl (C=O) groups is 1. The molecule has 1 aromatic rings. The van der Waals surface area contributed by atoms with Crippen LogP contribution in [0.15, 0.2) is 16.6 Å². The summed E-state index contributed by atoms with van der Waals surface area (Å²) in [6.45, 7) is 7.03. The van der Waals surface area contributed by atoms with Gasteiger partial charge in [0.25, 0.3) is 0 Å². The van der Waals surface area contributed by atoms with Crippen molar-refractivity contribution in [3.8, 4) is 0 Å². The molecule has 0 saturated carbocycles. The van der Waals surface area contributed by atoms with Gasteiger partial charge < -0.3 is 5.11 Å². The van der Waals surface area contributed by atoms with Gasteiger partial charge in [0.1, 0.15) is 0 Å². The predicted molar refractivity (Wildman–Crippen MR) is 85.5 cm³/mol. The Bertz CT molecular complexity index is 706. The number of carboxylic acid groups (broad SMARTS) is 1. The van der Waals surface area contributed by atoms with E-state index < -0.39 is 20.7 Å². The minimum Gasteiger partial charge on any atom is -0.478 e. The molecule has 0 spiro atoms. The van der Waals surface area contributed by atoms with Crippen LogP contribution >= 0.6 is 15.9 Å². The predicted octanol–water partition coefficient (Wildman–Crippen LogP) is 3.20. The summed E-state index contributed by atoms with van der Waals surface area (Å²) in [6, 6.07) is 3.19. The third-order valence-electron chi connectivity index (χ3n) is 3.62. The number of hydrogen-bond acceptors (Lipinski definition) is 3. The summed E-state index contributed by atoms with van der Waals surface area (Å²) in [7, 11) is -3.56. The highest BCUT2D eigenvalue weighted by Gasteiger charge is 2.42. The Morgan fingerprint density at radius 3 is 2.43 bits per heavy atom. The monoisotopic (exact) mass is 375 g/mol. The number of hydrogen-bond donors (Lipinski definition) is 1. The van der Waals surface area contributed by atoms with Gasteiger partial charge in [-0.2, -0.15) is 0 Å². The lowest BCUT2D eigenvalue weighted by atomic mass is 9.97. The fourth-order valence-electron chi connectivity index (χ4n) is 2.50. The molecule has 1 unspecified atom stereocenters. The fourth-order valence-corrected chi connectivity index (χ4v) is 4.44. The van der Waals surface area contributed by atoms with Gasteiger partial charge in [-0.1, -0.05) is 22.9 Å². The van der Waals surface area contributed by atoms with Crippen molar-refractivity contribution < 1.29 is 18.3 Å². The average molecular weight is 376 g/mol. The summed E-state index contributed by atoms with van der Waals surface area (Å²) < 4.78 is 26.4. The van der Waals surface area contributed by atoms with Crippen molar-refractivity contribution in [2.75, 3.05) is 10.8 Å². The van der Waals surface area contributed by atoms with E-state index in [1.165, 1.54) is 10.4 Å². The summed E-state index contributed by atoms with van der Waals surface area (Å²) in [5.74, 6) is -1.20. The van der Waals surface area contributed by atoms with Gasteiger partial charge in [-0.05, 0) is 38.5 Å². The van der Waals surface area contributed by atoms with Crippen LogP contribution in [0.25, 0.3) is 0 Å². The number of carboxylic acids is 1. The third-order valence-corrected chi connectivity index (χ3v) is 6.55. The van der Waals surface area contributed by atoms with Crippen LogP contribution in [-0.4, -0.2) is 30.8 Å². The van der Waals surface area contributed by atoms with Gasteiger partial charge in [-0.3, -0.25) is 4.31 Å². The third kappa shape index (κ3) is 2.57. The molecule has 1 atom stereocenters. The second-order valence-electron chi connectivity index (χ2n) is 6.24. The highest BCUT2D eigenvalue weighted by molar-refractivity contribution is 9.10. The van der Waals surface area contributed by atoms with Crippen molar-refractivity contribution in [2.45, 2.75) is 38.4 Å². The Balaban J connectivity index is 2.71. The second kappa shape index (κ2) is 4.98. The van der Waals surface area contributed by atoms with Gasteiger partial charge in [-0.15, -0.1) is 0 Å². The first kappa shape index (κ1) is 16.3. The number of anilines is 1. The molecule has 5 nitrogen and oxygen atoms in total. The average Bonchev–Trinajstić information content (AvgIpc) is 2.64. The number of sulfonamides is 1. The minimum atomic E-state index is -3.56. The smallest absolute Gasteiger partial charge is 0.336 e. The Morgan fingerprint density at radius 1 is 1.38 bits per heavy atom. The maximum atomic E-state index is 12.7. The Morgan fingerprint density at radius 2 is 1.95 bits per heavy atom. The summed E-state index contributed by atoms with van der Waals surface area (Å²) in [6.07, 6.45) is 0. The number of fused-ring (bicyclic) bond motifs is 1. The number of rotatable bonds is 2. The van der Waals surface area contributed by atoms with Crippen LogP contribution in [0.3, 0.4) is 0 Å². The van der Waals surface area contributed by atoms with E-state index in [4.69, 9.17) is 0 Å². The van der Waals surface area contributed by atoms with Gasteiger partial charge in [0.2, 0.25) is 10.0 Å². The van der Waals surface area contributed by atoms with Gasteiger partial charge in [0.05, 0.1) is 16.0 Å². The number of nitrogens with zero attached hydrogens (tertiary/aromatic N) is 1. The van der Waals surface area contributed by atoms with Crippen molar-refractivity contribution in [3.63, 3.8) is 0 Å². The zero-order chi connectivity index (χ0) is 16.2. The molecule has 1 heterocycles. The maximum absolute atomic E-state index is 12.7. The van der Waals surface area contributed by atoms with E-state index in [9.17, 15) is 18.3 Å². The molecule has 1 aliphatic heterocycles. The van der Waals surface area contributed by atoms with Crippen molar-refractivity contribution in [2.24, 2.45) is 0 Å². The molecule has 21 heavy (non-hydrogen) atoms. The van der Waals surface area contributed by atoms with Gasteiger partial charge >= 0.3 is 5.97 Å². The van der Waals surface area contributed by atoms with Crippen molar-refractivity contribution in [1.29, 1.82) is 0 Å². The van der Waals surface area contributed by atoms with Crippen LogP contribution in [0.4, 0.5) is 5.69 Å². The second-order valence-corrected chi connectivity index (χ2v) is 9.77. The number of halogens is 1. The molecule has 1 N–H and O–H groups in total. The molecular weight excluding hydrogens is 358 g/mol. The zero-order valence-electron chi connectivity index (χ0n) is 12.3. The quantitative estimate of drug-likeness (QED) is 0.860. The summed E-state index contributed by atoms with van der Waals surface area (Å²) in [5.41, 5.74) is 1.20. The van der Waals surface area contributed by atoms with Gasteiger partial charge in [0, 0.05) is 16.9 Å². The van der Waals surface area contributed by atoms with Crippen LogP contribution in [0.2, 0.25) is 0 Å². The van der Waals surface area contributed by atoms with Crippen molar-refractivity contribution in [1.82, 2.24) is 0 Å². The molecule has 0 fully saturated rings. The first-order chi connectivity index (χ1) is 9.46. The normalized spacial score (nSPS) is 18.7. The van der Waals surface area contributed by atoms with E-state index in [2.05, 4.69) is 15.9 Å². The molecule has 1 aromatic carbocycles. The summed E-state index contributed by atoms with van der Waals surface area (Å²) in [5, 5.41) is 9.35. The lowest BCUT2D eigenvalue weighted by molar-refractivity contribution is 0.0695. The standard InChI is InChI=1S/C14H18BrNO4S/c1-8-7-16(21(19,20)14(2,3)4)11-6-9(15)5-10(12(8)11)13(17)18/h5-6,8H,7H2,1-4H3,(H,17,18). The van der Waals surface area contributed by atoms with Gasteiger partial charge in [0.15, 0.2) is 0 Å². The van der Waals surface area contributed by atoms with E-state index in [-0.39, 0.29) is 18.0 Å². The topological polar surface area (TPSA) is 74.7 Å². The Hall–Kier alpha value is -1.08. The van der Waals surface area contributed by atoms with Crippen molar-refractivity contribution >= 4 is 37.6 Å². The highest BCUT2D eigenvalue weighted by Crippen LogP contribution is 2.43. The maximum Gasteiger partial charge on any atom is 0.336 e. The van der Waals surface area contributed by atoms with E-state index >= 15 is 0 Å². The number of aromatic carboxylic acids is 1. The lowest BCUT2D eigenvalue weighted by Crippen LogP contribution is -2.42. The molecule has 7 heteroatoms. The fraction of sp³-hybridized carbons (Fsp3) is 0.500. The Kier molecular flexibility index (Phi) is 3.87. The van der Waals surface area contributed by atoms with Gasteiger partial charge in [-0.25, -0.2) is 13.2 Å². The molecule has 0 aliphatic carbocycles. The van der Waals surface area contributed by atoms with E-state index in [0.29, 0.717) is 15.7 Å². The molecule has 0 aromatic heterocycles. The minimum absolute atomic E-state index is 0.151. The largest absolute Gasteiger partial charge is 0.478 e. The number of benzene rings is 1. The molecule has 2 rings (SSSR count). The highest BCUT2D eigenvalue weighted by atomic mass is 79.9. The summed E-state index contributed by atoms with van der Waals surface area (Å²) >= 11 is 3.26. The Labute approximate surface area is 133 Å². The first-order valence-electron chi connectivity index (χ1n) is 6.56. The molecule has 116 valence electrons. The lowest BCUT2D eigenvalue weighted by Gasteiger charge is -2.29. The SMILES string of the molecule is CC1CN(S(=O)(=O)C(C)(C)C)c2cc(Br)cc(C(=O)O)c21. The van der Waals surface area contributed by atoms with Crippen LogP contribution in [0.5, 0.6) is 0 Å². The molecule has 0 bridgehead atoms. The zero-order valence-corrected chi connectivity index (χ0v) is 14.7. The van der Waals surface area contributed by atoms with Crippen LogP contribution in [-0.2, 0) is 10.0 Å². The van der Waals surface area contributed by atoms with E-state index in [1.54, 1.807) is 26.8 Å². The van der Waals surface area contributed by atoms with Crippen LogP contribution in [0, 0.1) is 0 Å². The van der Waals surface area contributed by atoms with E-state index in [1.807, 2.05) is 6.92 Å². The molecular formula is C14H18BrNO4S. The van der Waals surface area contributed by atoms with Crippen LogP contribution < -0.4 is 4.31 Å².